The molecule has 0 spiro atoms. The lowest BCUT2D eigenvalue weighted by atomic mass is 9.97. The van der Waals surface area contributed by atoms with E-state index in [-0.39, 0.29) is 6.42 Å². The van der Waals surface area contributed by atoms with Crippen LogP contribution < -0.4 is 5.73 Å². The summed E-state index contributed by atoms with van der Waals surface area (Å²) in [7, 11) is 1.22. The molecule has 1 amide bonds. The summed E-state index contributed by atoms with van der Waals surface area (Å²) >= 11 is 0. The van der Waals surface area contributed by atoms with Gasteiger partial charge in [-0.1, -0.05) is 25.2 Å². The van der Waals surface area contributed by atoms with Gasteiger partial charge in [0.05, 0.1) is 13.5 Å². The van der Waals surface area contributed by atoms with E-state index < -0.39 is 12.1 Å². The van der Waals surface area contributed by atoms with Crippen molar-refractivity contribution in [3.05, 3.63) is 23.8 Å². The lowest BCUT2D eigenvalue weighted by molar-refractivity contribution is -0.136. The van der Waals surface area contributed by atoms with Crippen LogP contribution in [0.15, 0.2) is 23.8 Å². The molecule has 0 bridgehead atoms. The fourth-order valence-corrected chi connectivity index (χ4v) is 1.08. The summed E-state index contributed by atoms with van der Waals surface area (Å²) < 4.78 is 3.89. The minimum Gasteiger partial charge on any atom is -0.481 e. The van der Waals surface area contributed by atoms with E-state index in [1.807, 2.05) is 12.2 Å². The first-order chi connectivity index (χ1) is 7.45. The van der Waals surface area contributed by atoms with Crippen LogP contribution in [0.5, 0.6) is 0 Å². The number of hydrogen-bond donors (Lipinski definition) is 2. The van der Waals surface area contributed by atoms with Crippen molar-refractivity contribution in [2.75, 3.05) is 7.11 Å². The van der Waals surface area contributed by atoms with E-state index in [9.17, 15) is 9.59 Å². The molecular weight excluding hydrogens is 210 g/mol. The third kappa shape index (κ3) is 7.61. The van der Waals surface area contributed by atoms with Crippen LogP contribution >= 0.6 is 0 Å². The largest absolute Gasteiger partial charge is 0.481 e. The summed E-state index contributed by atoms with van der Waals surface area (Å²) in [5, 5.41) is 8.46. The molecule has 1 atom stereocenters. The van der Waals surface area contributed by atoms with Gasteiger partial charge >= 0.3 is 12.1 Å². The molecule has 16 heavy (non-hydrogen) atoms. The molecule has 90 valence electrons. The van der Waals surface area contributed by atoms with Gasteiger partial charge in [0, 0.05) is 0 Å². The van der Waals surface area contributed by atoms with Crippen LogP contribution in [0.2, 0.25) is 0 Å². The number of carbonyl (C=O) groups is 2. The highest BCUT2D eigenvalue weighted by Gasteiger charge is 2.05. The summed E-state index contributed by atoms with van der Waals surface area (Å²) in [5.74, 6) is -0.192. The molecule has 1 aliphatic rings. The molecule has 5 nitrogen and oxygen atoms in total. The second-order valence-corrected chi connectivity index (χ2v) is 3.44. The molecule has 0 heterocycles. The van der Waals surface area contributed by atoms with Crippen molar-refractivity contribution in [2.24, 2.45) is 11.7 Å². The highest BCUT2D eigenvalue weighted by molar-refractivity contribution is 5.71. The highest BCUT2D eigenvalue weighted by Crippen LogP contribution is 2.17. The first-order valence-corrected chi connectivity index (χ1v) is 4.88. The van der Waals surface area contributed by atoms with E-state index >= 15 is 0 Å². The van der Waals surface area contributed by atoms with Gasteiger partial charge in [0.1, 0.15) is 0 Å². The topological polar surface area (TPSA) is 89.6 Å². The quantitative estimate of drug-likeness (QED) is 0.751. The minimum atomic E-state index is -0.754. The second-order valence-electron chi connectivity index (χ2n) is 3.44. The summed E-state index contributed by atoms with van der Waals surface area (Å²) in [6, 6.07) is 0. The van der Waals surface area contributed by atoms with Crippen LogP contribution in [0.25, 0.3) is 0 Å². The number of carboxylic acids is 1. The van der Waals surface area contributed by atoms with Gasteiger partial charge in [-0.15, -0.1) is 0 Å². The Labute approximate surface area is 94.6 Å². The Morgan fingerprint density at radius 2 is 2.19 bits per heavy atom. The highest BCUT2D eigenvalue weighted by atomic mass is 16.5. The lowest BCUT2D eigenvalue weighted by Crippen LogP contribution is -2.08. The van der Waals surface area contributed by atoms with Gasteiger partial charge in [0.2, 0.25) is 0 Å². The normalized spacial score (nSPS) is 17.9. The number of rotatable bonds is 2. The molecule has 5 heteroatoms. The average molecular weight is 227 g/mol. The van der Waals surface area contributed by atoms with Gasteiger partial charge in [-0.25, -0.2) is 4.79 Å². The summed E-state index contributed by atoms with van der Waals surface area (Å²) in [6.07, 6.45) is 6.34. The number of methoxy groups -OCH3 is 1. The number of carbonyl (C=O) groups excluding carboxylic acids is 1. The maximum atomic E-state index is 10.3. The molecule has 0 radical (unpaired) electrons. The number of nitrogens with two attached hydrogens (primary N) is 1. The van der Waals surface area contributed by atoms with Crippen molar-refractivity contribution >= 4 is 12.1 Å². The molecule has 0 saturated heterocycles. The lowest BCUT2D eigenvalue weighted by Gasteiger charge is -2.09. The summed E-state index contributed by atoms with van der Waals surface area (Å²) in [5.41, 5.74) is 5.36. The van der Waals surface area contributed by atoms with Gasteiger partial charge in [0.15, 0.2) is 0 Å². The molecule has 3 N–H and O–H groups in total. The van der Waals surface area contributed by atoms with Crippen molar-refractivity contribution in [3.63, 3.8) is 0 Å². The fraction of sp³-hybridized carbons (Fsp3) is 0.455. The monoisotopic (exact) mass is 227 g/mol. The van der Waals surface area contributed by atoms with Crippen LogP contribution in [0.3, 0.4) is 0 Å². The molecule has 0 fully saturated rings. The molecule has 0 aliphatic heterocycles. The maximum Gasteiger partial charge on any atom is 0.404 e. The van der Waals surface area contributed by atoms with E-state index in [0.29, 0.717) is 5.92 Å². The number of allylic oxidation sites excluding steroid dienone is 3. The van der Waals surface area contributed by atoms with E-state index in [0.717, 1.165) is 12.0 Å². The Morgan fingerprint density at radius 3 is 2.50 bits per heavy atom. The zero-order chi connectivity index (χ0) is 12.6. The number of carboxylic acid groups (broad SMARTS) is 1. The molecule has 1 rings (SSSR count). The molecular formula is C11H17NO4. The van der Waals surface area contributed by atoms with Crippen molar-refractivity contribution in [1.29, 1.82) is 0 Å². The predicted molar refractivity (Wildman–Crippen MR) is 59.8 cm³/mol. The molecule has 0 aromatic carbocycles. The maximum absolute atomic E-state index is 10.3. The number of ether oxygens (including phenoxy) is 1. The SMILES string of the molecule is CC1C=CC(CC(=O)O)=CC1.COC(N)=O. The van der Waals surface area contributed by atoms with Crippen LogP contribution in [-0.2, 0) is 9.53 Å². The van der Waals surface area contributed by atoms with Gasteiger partial charge in [-0.05, 0) is 17.9 Å². The zero-order valence-corrected chi connectivity index (χ0v) is 9.47. The first-order valence-electron chi connectivity index (χ1n) is 4.88. The molecule has 0 aromatic rings. The van der Waals surface area contributed by atoms with Gasteiger partial charge in [-0.2, -0.15) is 0 Å². The van der Waals surface area contributed by atoms with Gasteiger partial charge in [-0.3, -0.25) is 4.79 Å². The van der Waals surface area contributed by atoms with Crippen LogP contribution in [0.1, 0.15) is 19.8 Å². The Hall–Kier alpha value is -1.78. The minimum absolute atomic E-state index is 0.156. The summed E-state index contributed by atoms with van der Waals surface area (Å²) in [6.45, 7) is 2.12. The van der Waals surface area contributed by atoms with Crippen molar-refractivity contribution < 1.29 is 19.4 Å². The number of primary amides is 1. The Balaban J connectivity index is 0.000000385. The second kappa shape index (κ2) is 7.50. The molecule has 1 unspecified atom stereocenters. The Morgan fingerprint density at radius 1 is 1.62 bits per heavy atom. The predicted octanol–water partition coefficient (Wildman–Crippen LogP) is 1.70. The van der Waals surface area contributed by atoms with E-state index in [1.165, 1.54) is 7.11 Å². The third-order valence-electron chi connectivity index (χ3n) is 1.95. The fourth-order valence-electron chi connectivity index (χ4n) is 1.08. The third-order valence-corrected chi connectivity index (χ3v) is 1.95. The summed E-state index contributed by atoms with van der Waals surface area (Å²) in [4.78, 5) is 19.6. The van der Waals surface area contributed by atoms with Crippen molar-refractivity contribution in [3.8, 4) is 0 Å². The van der Waals surface area contributed by atoms with Gasteiger partial charge < -0.3 is 15.6 Å². The molecule has 0 aromatic heterocycles. The Kier molecular flexibility index (Phi) is 6.67. The molecule has 0 saturated carbocycles. The van der Waals surface area contributed by atoms with E-state index in [2.05, 4.69) is 23.5 Å². The number of aliphatic carboxylic acids is 1. The first kappa shape index (κ1) is 14.2. The van der Waals surface area contributed by atoms with Crippen molar-refractivity contribution in [1.82, 2.24) is 0 Å². The van der Waals surface area contributed by atoms with Crippen molar-refractivity contribution in [2.45, 2.75) is 19.8 Å². The number of hydrogen-bond acceptors (Lipinski definition) is 3. The number of amides is 1. The average Bonchev–Trinajstić information content (AvgIpc) is 2.22. The standard InChI is InChI=1S/C9H12O2.C2H5NO2/c1-7-2-4-8(5-3-7)6-9(10)11;1-5-2(3)4/h2,4-5,7H,3,6H2,1H3,(H,10,11);1H3,(H2,3,4). The van der Waals surface area contributed by atoms with Crippen LogP contribution in [0.4, 0.5) is 4.79 Å². The zero-order valence-electron chi connectivity index (χ0n) is 9.47. The Bertz CT molecular complexity index is 307. The van der Waals surface area contributed by atoms with E-state index in [1.54, 1.807) is 0 Å². The molecule has 1 aliphatic carbocycles. The van der Waals surface area contributed by atoms with Crippen LogP contribution in [-0.4, -0.2) is 24.3 Å². The smallest absolute Gasteiger partial charge is 0.404 e. The van der Waals surface area contributed by atoms with E-state index in [4.69, 9.17) is 5.11 Å². The van der Waals surface area contributed by atoms with Crippen LogP contribution in [0, 0.1) is 5.92 Å². The van der Waals surface area contributed by atoms with Gasteiger partial charge in [0.25, 0.3) is 0 Å².